The summed E-state index contributed by atoms with van der Waals surface area (Å²) >= 11 is 0. The Kier molecular flexibility index (Phi) is 2.67. The average molecular weight is 262 g/mol. The molecular weight excluding hydrogens is 248 g/mol. The molecule has 2 aromatic rings. The van der Waals surface area contributed by atoms with E-state index < -0.39 is 12.1 Å². The maximum atomic E-state index is 11.2. The second-order valence-corrected chi connectivity index (χ2v) is 4.75. The zero-order valence-electron chi connectivity index (χ0n) is 10.5. The zero-order valence-corrected chi connectivity index (χ0v) is 10.5. The van der Waals surface area contributed by atoms with Crippen molar-refractivity contribution >= 4 is 5.97 Å². The highest BCUT2D eigenvalue weighted by molar-refractivity contribution is 5.87. The lowest BCUT2D eigenvalue weighted by atomic mass is 10.1. The number of hydrogen-bond acceptors (Lipinski definition) is 4. The van der Waals surface area contributed by atoms with Gasteiger partial charge in [0.25, 0.3) is 0 Å². The van der Waals surface area contributed by atoms with Crippen LogP contribution in [0.2, 0.25) is 0 Å². The van der Waals surface area contributed by atoms with Gasteiger partial charge in [0.1, 0.15) is 5.76 Å². The Morgan fingerprint density at radius 1 is 1.53 bits per heavy atom. The van der Waals surface area contributed by atoms with E-state index >= 15 is 0 Å². The number of hydrogen-bond donors (Lipinski definition) is 2. The van der Waals surface area contributed by atoms with Crippen molar-refractivity contribution in [2.45, 2.75) is 32.4 Å². The van der Waals surface area contributed by atoms with E-state index in [2.05, 4.69) is 4.98 Å². The van der Waals surface area contributed by atoms with Crippen molar-refractivity contribution in [3.05, 3.63) is 29.3 Å². The number of furan rings is 1. The van der Waals surface area contributed by atoms with Gasteiger partial charge in [0.15, 0.2) is 17.3 Å². The van der Waals surface area contributed by atoms with Crippen molar-refractivity contribution in [2.75, 3.05) is 0 Å². The number of aromatic nitrogens is 2. The number of carbonyl (C=O) groups is 1. The van der Waals surface area contributed by atoms with E-state index in [9.17, 15) is 15.0 Å². The van der Waals surface area contributed by atoms with Crippen molar-refractivity contribution in [1.29, 1.82) is 0 Å². The SMILES string of the molecule is Cc1ccc(-c2nc(C(=O)O)c3n2CC(O)CC3)o1. The van der Waals surface area contributed by atoms with E-state index in [-0.39, 0.29) is 5.69 Å². The Bertz CT molecular complexity index is 641. The Morgan fingerprint density at radius 3 is 2.95 bits per heavy atom. The summed E-state index contributed by atoms with van der Waals surface area (Å²) in [6, 6.07) is 3.56. The molecule has 0 aliphatic carbocycles. The summed E-state index contributed by atoms with van der Waals surface area (Å²) in [7, 11) is 0. The van der Waals surface area contributed by atoms with Gasteiger partial charge in [-0.2, -0.15) is 0 Å². The lowest BCUT2D eigenvalue weighted by molar-refractivity contribution is 0.0686. The fourth-order valence-electron chi connectivity index (χ4n) is 2.46. The summed E-state index contributed by atoms with van der Waals surface area (Å²) in [5.74, 6) is 0.690. The zero-order chi connectivity index (χ0) is 13.6. The molecule has 1 atom stereocenters. The lowest BCUT2D eigenvalue weighted by Crippen LogP contribution is -2.25. The Labute approximate surface area is 109 Å². The molecule has 1 aliphatic heterocycles. The molecule has 6 heteroatoms. The van der Waals surface area contributed by atoms with Crippen LogP contribution in [0.25, 0.3) is 11.6 Å². The van der Waals surface area contributed by atoms with Crippen molar-refractivity contribution < 1.29 is 19.4 Å². The molecule has 0 bridgehead atoms. The summed E-state index contributed by atoms with van der Waals surface area (Å²) in [6.45, 7) is 2.17. The maximum Gasteiger partial charge on any atom is 0.356 e. The summed E-state index contributed by atoms with van der Waals surface area (Å²) in [5.41, 5.74) is 0.706. The van der Waals surface area contributed by atoms with E-state index in [1.807, 2.05) is 6.92 Å². The number of aryl methyl sites for hydroxylation is 1. The molecule has 0 aromatic carbocycles. The number of aliphatic hydroxyl groups excluding tert-OH is 1. The first-order chi connectivity index (χ1) is 9.06. The Balaban J connectivity index is 2.17. The third-order valence-electron chi connectivity index (χ3n) is 3.34. The summed E-state index contributed by atoms with van der Waals surface area (Å²) < 4.78 is 7.25. The number of carboxylic acid groups (broad SMARTS) is 1. The first-order valence-corrected chi connectivity index (χ1v) is 6.14. The van der Waals surface area contributed by atoms with Crippen molar-refractivity contribution in [3.8, 4) is 11.6 Å². The third-order valence-corrected chi connectivity index (χ3v) is 3.34. The van der Waals surface area contributed by atoms with E-state index in [0.717, 1.165) is 5.76 Å². The molecule has 2 N–H and O–H groups in total. The van der Waals surface area contributed by atoms with Gasteiger partial charge < -0.3 is 19.2 Å². The standard InChI is InChI=1S/C13H14N2O4/c1-7-2-5-10(19-7)12-14-11(13(17)18)9-4-3-8(16)6-15(9)12/h2,5,8,16H,3-4,6H2,1H3,(H,17,18). The Morgan fingerprint density at radius 2 is 2.32 bits per heavy atom. The second-order valence-electron chi connectivity index (χ2n) is 4.75. The minimum absolute atomic E-state index is 0.0518. The summed E-state index contributed by atoms with van der Waals surface area (Å²) in [6.07, 6.45) is 0.594. The topological polar surface area (TPSA) is 88.5 Å². The normalized spacial score (nSPS) is 18.3. The van der Waals surface area contributed by atoms with Crippen LogP contribution in [0.4, 0.5) is 0 Å². The van der Waals surface area contributed by atoms with Gasteiger partial charge in [0, 0.05) is 0 Å². The molecule has 0 amide bonds. The summed E-state index contributed by atoms with van der Waals surface area (Å²) in [4.78, 5) is 15.4. The van der Waals surface area contributed by atoms with E-state index in [0.29, 0.717) is 36.7 Å². The minimum Gasteiger partial charge on any atom is -0.476 e. The highest BCUT2D eigenvalue weighted by Gasteiger charge is 2.28. The van der Waals surface area contributed by atoms with Gasteiger partial charge in [-0.25, -0.2) is 9.78 Å². The van der Waals surface area contributed by atoms with Crippen LogP contribution >= 0.6 is 0 Å². The molecule has 2 aromatic heterocycles. The molecule has 0 fully saturated rings. The van der Waals surface area contributed by atoms with Gasteiger partial charge in [-0.1, -0.05) is 0 Å². The number of aromatic carboxylic acids is 1. The number of carboxylic acids is 1. The predicted molar refractivity (Wildman–Crippen MR) is 66.0 cm³/mol. The first-order valence-electron chi connectivity index (χ1n) is 6.14. The van der Waals surface area contributed by atoms with Gasteiger partial charge in [0.2, 0.25) is 0 Å². The smallest absolute Gasteiger partial charge is 0.356 e. The van der Waals surface area contributed by atoms with Crippen LogP contribution < -0.4 is 0 Å². The molecule has 19 heavy (non-hydrogen) atoms. The number of aliphatic hydroxyl groups is 1. The fraction of sp³-hybridized carbons (Fsp3) is 0.385. The summed E-state index contributed by atoms with van der Waals surface area (Å²) in [5, 5.41) is 19.0. The van der Waals surface area contributed by atoms with Crippen LogP contribution in [0, 0.1) is 6.92 Å². The number of nitrogens with zero attached hydrogens (tertiary/aromatic N) is 2. The molecule has 0 spiro atoms. The van der Waals surface area contributed by atoms with E-state index in [1.165, 1.54) is 0 Å². The van der Waals surface area contributed by atoms with Crippen molar-refractivity contribution in [3.63, 3.8) is 0 Å². The monoisotopic (exact) mass is 262 g/mol. The maximum absolute atomic E-state index is 11.2. The minimum atomic E-state index is -1.05. The number of imidazole rings is 1. The van der Waals surface area contributed by atoms with Gasteiger partial charge in [-0.05, 0) is 31.9 Å². The number of rotatable bonds is 2. The third kappa shape index (κ3) is 1.94. The molecule has 0 radical (unpaired) electrons. The fourth-order valence-corrected chi connectivity index (χ4v) is 2.46. The second kappa shape index (κ2) is 4.24. The molecule has 3 rings (SSSR count). The van der Waals surface area contributed by atoms with Crippen molar-refractivity contribution in [2.24, 2.45) is 0 Å². The molecule has 100 valence electrons. The van der Waals surface area contributed by atoms with Gasteiger partial charge in [0.05, 0.1) is 18.3 Å². The molecule has 6 nitrogen and oxygen atoms in total. The predicted octanol–water partition coefficient (Wildman–Crippen LogP) is 1.46. The number of fused-ring (bicyclic) bond motifs is 1. The van der Waals surface area contributed by atoms with Crippen LogP contribution in [0.5, 0.6) is 0 Å². The average Bonchev–Trinajstić information content (AvgIpc) is 2.92. The van der Waals surface area contributed by atoms with Gasteiger partial charge in [-0.15, -0.1) is 0 Å². The van der Waals surface area contributed by atoms with E-state index in [1.54, 1.807) is 16.7 Å². The van der Waals surface area contributed by atoms with E-state index in [4.69, 9.17) is 4.42 Å². The van der Waals surface area contributed by atoms with Crippen LogP contribution in [-0.2, 0) is 13.0 Å². The van der Waals surface area contributed by atoms with Crippen molar-refractivity contribution in [1.82, 2.24) is 9.55 Å². The molecule has 1 aliphatic rings. The molecule has 0 saturated heterocycles. The lowest BCUT2D eigenvalue weighted by Gasteiger charge is -2.21. The first kappa shape index (κ1) is 12.0. The largest absolute Gasteiger partial charge is 0.476 e. The van der Waals surface area contributed by atoms with Crippen LogP contribution in [-0.4, -0.2) is 31.8 Å². The Hall–Kier alpha value is -2.08. The van der Waals surface area contributed by atoms with Crippen LogP contribution in [0.1, 0.15) is 28.4 Å². The molecule has 0 saturated carbocycles. The quantitative estimate of drug-likeness (QED) is 0.855. The van der Waals surface area contributed by atoms with Gasteiger partial charge in [-0.3, -0.25) is 0 Å². The molecule has 3 heterocycles. The molecular formula is C13H14N2O4. The van der Waals surface area contributed by atoms with Crippen LogP contribution in [0.15, 0.2) is 16.5 Å². The van der Waals surface area contributed by atoms with Crippen LogP contribution in [0.3, 0.4) is 0 Å². The highest BCUT2D eigenvalue weighted by Crippen LogP contribution is 2.28. The van der Waals surface area contributed by atoms with Gasteiger partial charge >= 0.3 is 5.97 Å². The molecule has 1 unspecified atom stereocenters. The highest BCUT2D eigenvalue weighted by atomic mass is 16.4.